The first-order valence-corrected chi connectivity index (χ1v) is 7.15. The molecule has 0 amide bonds. The van der Waals surface area contributed by atoms with Crippen molar-refractivity contribution in [1.82, 2.24) is 0 Å². The summed E-state index contributed by atoms with van der Waals surface area (Å²) in [5.74, 6) is -0.697. The maximum atomic E-state index is 10.5. The number of phenols is 1. The highest BCUT2D eigenvalue weighted by atomic mass is 79.9. The molecule has 0 aliphatic heterocycles. The fourth-order valence-corrected chi connectivity index (χ4v) is 2.16. The molecule has 0 bridgehead atoms. The Labute approximate surface area is 134 Å². The van der Waals surface area contributed by atoms with Gasteiger partial charge < -0.3 is 10.2 Å². The van der Waals surface area contributed by atoms with Crippen LogP contribution in [0.25, 0.3) is 0 Å². The number of halogens is 3. The molecule has 106 valence electrons. The number of rotatable bonds is 2. The van der Waals surface area contributed by atoms with Gasteiger partial charge in [-0.15, -0.1) is 0 Å². The summed E-state index contributed by atoms with van der Waals surface area (Å²) in [6, 6.07) is 13.2. The van der Waals surface area contributed by atoms with Gasteiger partial charge in [-0.25, -0.2) is 0 Å². The van der Waals surface area contributed by atoms with E-state index >= 15 is 0 Å². The number of hydrogen-bond donors (Lipinski definition) is 2. The third kappa shape index (κ3) is 5.41. The maximum Gasteiger partial charge on any atom is 0.321 e. The zero-order valence-electron chi connectivity index (χ0n) is 10.1. The van der Waals surface area contributed by atoms with Gasteiger partial charge in [0.15, 0.2) is 0 Å². The van der Waals surface area contributed by atoms with Crippen molar-refractivity contribution in [2.45, 2.75) is 4.83 Å². The zero-order valence-corrected chi connectivity index (χ0v) is 13.2. The van der Waals surface area contributed by atoms with Crippen LogP contribution < -0.4 is 0 Å². The predicted molar refractivity (Wildman–Crippen MR) is 83.9 cm³/mol. The van der Waals surface area contributed by atoms with Gasteiger partial charge in [0.2, 0.25) is 0 Å². The van der Waals surface area contributed by atoms with Crippen LogP contribution >= 0.6 is 39.1 Å². The number of carboxylic acid groups (broad SMARTS) is 1. The van der Waals surface area contributed by atoms with Crippen LogP contribution in [0.2, 0.25) is 10.0 Å². The Hall–Kier alpha value is -1.23. The van der Waals surface area contributed by atoms with Gasteiger partial charge in [-0.1, -0.05) is 57.3 Å². The Balaban J connectivity index is 0.000000217. The number of alkyl halides is 1. The van der Waals surface area contributed by atoms with Crippen molar-refractivity contribution in [3.8, 4) is 5.75 Å². The smallest absolute Gasteiger partial charge is 0.321 e. The Bertz CT molecular complexity index is 552. The van der Waals surface area contributed by atoms with E-state index in [1.807, 2.05) is 0 Å². The van der Waals surface area contributed by atoms with Crippen molar-refractivity contribution in [3.05, 3.63) is 64.1 Å². The zero-order chi connectivity index (χ0) is 15.1. The van der Waals surface area contributed by atoms with E-state index in [9.17, 15) is 4.79 Å². The molecule has 0 spiro atoms. The number of benzene rings is 2. The van der Waals surface area contributed by atoms with E-state index in [0.29, 0.717) is 15.6 Å². The summed E-state index contributed by atoms with van der Waals surface area (Å²) in [5, 5.41) is 18.5. The molecule has 6 heteroatoms. The SMILES string of the molecule is O=C(O)C(Br)c1ccccc1Cl.Oc1ccc(Cl)cc1. The van der Waals surface area contributed by atoms with E-state index in [4.69, 9.17) is 33.4 Å². The van der Waals surface area contributed by atoms with E-state index in [1.165, 1.54) is 0 Å². The first kappa shape index (κ1) is 16.8. The molecule has 0 fully saturated rings. The third-order valence-electron chi connectivity index (χ3n) is 2.22. The molecule has 0 saturated carbocycles. The lowest BCUT2D eigenvalue weighted by molar-refractivity contribution is -0.136. The van der Waals surface area contributed by atoms with Crippen molar-refractivity contribution in [3.63, 3.8) is 0 Å². The van der Waals surface area contributed by atoms with Crippen LogP contribution in [0.15, 0.2) is 48.5 Å². The molecule has 1 atom stereocenters. The number of aliphatic carboxylic acids is 1. The summed E-state index contributed by atoms with van der Waals surface area (Å²) in [7, 11) is 0. The van der Waals surface area contributed by atoms with Crippen molar-refractivity contribution in [1.29, 1.82) is 0 Å². The van der Waals surface area contributed by atoms with Gasteiger partial charge in [-0.3, -0.25) is 4.79 Å². The topological polar surface area (TPSA) is 57.5 Å². The van der Waals surface area contributed by atoms with Gasteiger partial charge in [0, 0.05) is 10.0 Å². The van der Waals surface area contributed by atoms with E-state index < -0.39 is 10.8 Å². The highest BCUT2D eigenvalue weighted by Gasteiger charge is 2.17. The first-order chi connectivity index (χ1) is 9.41. The highest BCUT2D eigenvalue weighted by molar-refractivity contribution is 9.09. The van der Waals surface area contributed by atoms with Gasteiger partial charge in [0.1, 0.15) is 10.6 Å². The van der Waals surface area contributed by atoms with Crippen LogP contribution in [0, 0.1) is 0 Å². The van der Waals surface area contributed by atoms with Gasteiger partial charge in [-0.05, 0) is 35.9 Å². The second-order valence-electron chi connectivity index (χ2n) is 3.70. The van der Waals surface area contributed by atoms with Crippen LogP contribution in [-0.4, -0.2) is 16.2 Å². The summed E-state index contributed by atoms with van der Waals surface area (Å²) in [6.45, 7) is 0. The molecule has 0 heterocycles. The highest BCUT2D eigenvalue weighted by Crippen LogP contribution is 2.28. The Morgan fingerprint density at radius 2 is 1.60 bits per heavy atom. The lowest BCUT2D eigenvalue weighted by Gasteiger charge is -2.05. The lowest BCUT2D eigenvalue weighted by Crippen LogP contribution is -2.04. The van der Waals surface area contributed by atoms with Crippen molar-refractivity contribution < 1.29 is 15.0 Å². The minimum atomic E-state index is -0.942. The van der Waals surface area contributed by atoms with Crippen molar-refractivity contribution >= 4 is 45.1 Å². The first-order valence-electron chi connectivity index (χ1n) is 5.47. The van der Waals surface area contributed by atoms with Crippen LogP contribution in [-0.2, 0) is 4.79 Å². The molecule has 2 N–H and O–H groups in total. The number of phenolic OH excluding ortho intramolecular Hbond substituents is 1. The molecular formula is C14H11BrCl2O3. The second-order valence-corrected chi connectivity index (χ2v) is 5.46. The molecular weight excluding hydrogens is 367 g/mol. The molecule has 1 unspecified atom stereocenters. The van der Waals surface area contributed by atoms with Crippen molar-refractivity contribution in [2.24, 2.45) is 0 Å². The predicted octanol–water partition coefficient (Wildman–Crippen LogP) is 4.91. The Kier molecular flexibility index (Phi) is 6.85. The summed E-state index contributed by atoms with van der Waals surface area (Å²) in [6.07, 6.45) is 0. The van der Waals surface area contributed by atoms with Crippen LogP contribution in [0.3, 0.4) is 0 Å². The lowest BCUT2D eigenvalue weighted by atomic mass is 10.1. The normalized spacial score (nSPS) is 11.2. The molecule has 20 heavy (non-hydrogen) atoms. The monoisotopic (exact) mass is 376 g/mol. The molecule has 2 aromatic rings. The van der Waals surface area contributed by atoms with Gasteiger partial charge in [0.25, 0.3) is 0 Å². The molecule has 2 aromatic carbocycles. The average molecular weight is 378 g/mol. The van der Waals surface area contributed by atoms with Crippen LogP contribution in [0.1, 0.15) is 10.4 Å². The van der Waals surface area contributed by atoms with E-state index in [2.05, 4.69) is 15.9 Å². The summed E-state index contributed by atoms with van der Waals surface area (Å²) in [4.78, 5) is 9.82. The average Bonchev–Trinajstić information content (AvgIpc) is 2.42. The van der Waals surface area contributed by atoms with E-state index in [1.54, 1.807) is 48.5 Å². The van der Waals surface area contributed by atoms with Crippen LogP contribution in [0.4, 0.5) is 0 Å². The van der Waals surface area contributed by atoms with E-state index in [-0.39, 0.29) is 5.75 Å². The molecule has 0 radical (unpaired) electrons. The van der Waals surface area contributed by atoms with Gasteiger partial charge in [0.05, 0.1) is 0 Å². The minimum absolute atomic E-state index is 0.245. The molecule has 3 nitrogen and oxygen atoms in total. The molecule has 2 rings (SSSR count). The second kappa shape index (κ2) is 8.15. The number of carbonyl (C=O) groups is 1. The quantitative estimate of drug-likeness (QED) is 0.731. The third-order valence-corrected chi connectivity index (χ3v) is 3.70. The largest absolute Gasteiger partial charge is 0.508 e. The standard InChI is InChI=1S/C8H6BrClO2.C6H5ClO/c9-7(8(11)12)5-3-1-2-4-6(5)10;7-5-1-3-6(8)4-2-5/h1-4,7H,(H,11,12);1-4,8H. The molecule has 0 saturated heterocycles. The Morgan fingerprint density at radius 1 is 1.05 bits per heavy atom. The number of hydrogen-bond acceptors (Lipinski definition) is 2. The molecule has 0 aliphatic rings. The fraction of sp³-hybridized carbons (Fsp3) is 0.0714. The number of aromatic hydroxyl groups is 1. The summed E-state index contributed by atoms with van der Waals surface area (Å²) >= 11 is 14.3. The molecule has 0 aromatic heterocycles. The van der Waals surface area contributed by atoms with Crippen molar-refractivity contribution in [2.75, 3.05) is 0 Å². The Morgan fingerprint density at radius 3 is 2.05 bits per heavy atom. The fourth-order valence-electron chi connectivity index (χ4n) is 1.25. The maximum absolute atomic E-state index is 10.5. The number of carboxylic acids is 1. The summed E-state index contributed by atoms with van der Waals surface area (Å²) < 4.78 is 0. The van der Waals surface area contributed by atoms with Crippen LogP contribution in [0.5, 0.6) is 5.75 Å². The minimum Gasteiger partial charge on any atom is -0.508 e. The van der Waals surface area contributed by atoms with E-state index in [0.717, 1.165) is 0 Å². The summed E-state index contributed by atoms with van der Waals surface area (Å²) in [5.41, 5.74) is 0.576. The van der Waals surface area contributed by atoms with Gasteiger partial charge in [-0.2, -0.15) is 0 Å². The van der Waals surface area contributed by atoms with Gasteiger partial charge >= 0.3 is 5.97 Å². The molecule has 0 aliphatic carbocycles.